The van der Waals surface area contributed by atoms with Crippen molar-refractivity contribution in [3.05, 3.63) is 30.2 Å². The molecule has 0 amide bonds. The van der Waals surface area contributed by atoms with Gasteiger partial charge in [-0.1, -0.05) is 5.16 Å². The van der Waals surface area contributed by atoms with Crippen LogP contribution < -0.4 is 0 Å². The monoisotopic (exact) mass is 187 g/mol. The quantitative estimate of drug-likeness (QED) is 0.669. The number of nitrogens with zero attached hydrogens (tertiary/aromatic N) is 3. The summed E-state index contributed by atoms with van der Waals surface area (Å²) in [5, 5.41) is 19.6. The molecule has 0 aliphatic heterocycles. The molecule has 2 heterocycles. The van der Waals surface area contributed by atoms with Gasteiger partial charge in [0.05, 0.1) is 0 Å². The Bertz CT molecular complexity index is 482. The standard InChI is InChI=1S/C9H5N3O2/c13-5-3-7-6-9(12-14-7)8-2-1-4-10-11-8/h1-2,4,6,13H. The van der Waals surface area contributed by atoms with Crippen molar-refractivity contribution in [2.24, 2.45) is 0 Å². The first-order valence-corrected chi connectivity index (χ1v) is 3.80. The molecule has 14 heavy (non-hydrogen) atoms. The molecule has 1 N–H and O–H groups in total. The summed E-state index contributed by atoms with van der Waals surface area (Å²) in [5.74, 6) is 2.61. The van der Waals surface area contributed by atoms with Crippen LogP contribution in [0.4, 0.5) is 0 Å². The van der Waals surface area contributed by atoms with Crippen LogP contribution in [-0.4, -0.2) is 20.5 Å². The van der Waals surface area contributed by atoms with Crippen LogP contribution in [0.2, 0.25) is 0 Å². The highest BCUT2D eigenvalue weighted by molar-refractivity contribution is 5.53. The number of hydrogen-bond donors (Lipinski definition) is 1. The van der Waals surface area contributed by atoms with E-state index in [1.165, 1.54) is 0 Å². The van der Waals surface area contributed by atoms with Gasteiger partial charge in [0.2, 0.25) is 5.76 Å². The van der Waals surface area contributed by atoms with Gasteiger partial charge in [0, 0.05) is 18.2 Å². The smallest absolute Gasteiger partial charge is 0.213 e. The van der Waals surface area contributed by atoms with Crippen LogP contribution in [0.1, 0.15) is 5.76 Å². The van der Waals surface area contributed by atoms with Gasteiger partial charge in [-0.2, -0.15) is 5.10 Å². The summed E-state index contributed by atoms with van der Waals surface area (Å²) in [7, 11) is 0. The van der Waals surface area contributed by atoms with Crippen molar-refractivity contribution in [1.29, 1.82) is 0 Å². The lowest BCUT2D eigenvalue weighted by Gasteiger charge is -1.88. The maximum absolute atomic E-state index is 8.32. The molecule has 0 aliphatic rings. The first-order valence-electron chi connectivity index (χ1n) is 3.80. The zero-order valence-corrected chi connectivity index (χ0v) is 7.01. The minimum absolute atomic E-state index is 0.285. The summed E-state index contributed by atoms with van der Waals surface area (Å²) in [6.07, 6.45) is 3.30. The van der Waals surface area contributed by atoms with E-state index in [1.807, 2.05) is 0 Å². The molecule has 2 aromatic heterocycles. The predicted octanol–water partition coefficient (Wildman–Crippen LogP) is 0.813. The maximum atomic E-state index is 8.32. The van der Waals surface area contributed by atoms with E-state index >= 15 is 0 Å². The summed E-state index contributed by atoms with van der Waals surface area (Å²) >= 11 is 0. The first-order chi connectivity index (χ1) is 6.90. The van der Waals surface area contributed by atoms with Gasteiger partial charge in [0.15, 0.2) is 0 Å². The number of rotatable bonds is 1. The molecule has 0 saturated carbocycles. The van der Waals surface area contributed by atoms with E-state index < -0.39 is 0 Å². The van der Waals surface area contributed by atoms with Crippen LogP contribution in [0.3, 0.4) is 0 Å². The Balaban J connectivity index is 2.37. The molecule has 0 aromatic carbocycles. The molecule has 5 heteroatoms. The Morgan fingerprint density at radius 1 is 1.36 bits per heavy atom. The topological polar surface area (TPSA) is 72.0 Å². The molecule has 68 valence electrons. The van der Waals surface area contributed by atoms with Gasteiger partial charge < -0.3 is 9.63 Å². The molecule has 0 saturated heterocycles. The van der Waals surface area contributed by atoms with Gasteiger partial charge in [0.1, 0.15) is 17.5 Å². The molecular formula is C9H5N3O2. The van der Waals surface area contributed by atoms with Gasteiger partial charge >= 0.3 is 0 Å². The second-order valence-electron chi connectivity index (χ2n) is 2.42. The zero-order chi connectivity index (χ0) is 9.80. The molecule has 5 nitrogen and oxygen atoms in total. The third kappa shape index (κ3) is 1.54. The summed E-state index contributed by atoms with van der Waals surface area (Å²) in [6.45, 7) is 0. The van der Waals surface area contributed by atoms with Crippen molar-refractivity contribution in [2.45, 2.75) is 0 Å². The highest BCUT2D eigenvalue weighted by Crippen LogP contribution is 2.14. The molecular weight excluding hydrogens is 182 g/mol. The number of hydrogen-bond acceptors (Lipinski definition) is 5. The van der Waals surface area contributed by atoms with Gasteiger partial charge in [-0.05, 0) is 12.1 Å². The average molecular weight is 187 g/mol. The third-order valence-corrected chi connectivity index (χ3v) is 1.52. The van der Waals surface area contributed by atoms with Gasteiger partial charge in [0.25, 0.3) is 0 Å². The Kier molecular flexibility index (Phi) is 2.11. The highest BCUT2D eigenvalue weighted by atomic mass is 16.5. The van der Waals surface area contributed by atoms with E-state index in [-0.39, 0.29) is 5.76 Å². The first kappa shape index (κ1) is 8.26. The van der Waals surface area contributed by atoms with Crippen LogP contribution in [0.25, 0.3) is 11.4 Å². The lowest BCUT2D eigenvalue weighted by Crippen LogP contribution is -1.84. The molecule has 0 bridgehead atoms. The van der Waals surface area contributed by atoms with E-state index in [0.29, 0.717) is 11.4 Å². The van der Waals surface area contributed by atoms with Crippen molar-refractivity contribution in [3.8, 4) is 23.4 Å². The van der Waals surface area contributed by atoms with Crippen LogP contribution in [0, 0.1) is 12.0 Å². The molecule has 0 aliphatic carbocycles. The third-order valence-electron chi connectivity index (χ3n) is 1.52. The molecule has 0 unspecified atom stereocenters. The number of aliphatic hydroxyl groups is 1. The minimum Gasteiger partial charge on any atom is -0.462 e. The summed E-state index contributed by atoms with van der Waals surface area (Å²) in [5.41, 5.74) is 1.14. The minimum atomic E-state index is 0.285. The van der Waals surface area contributed by atoms with E-state index in [9.17, 15) is 0 Å². The molecule has 0 spiro atoms. The van der Waals surface area contributed by atoms with Crippen molar-refractivity contribution >= 4 is 0 Å². The van der Waals surface area contributed by atoms with E-state index in [2.05, 4.69) is 21.3 Å². The molecule has 2 rings (SSSR count). The van der Waals surface area contributed by atoms with Gasteiger partial charge in [-0.3, -0.25) is 0 Å². The Morgan fingerprint density at radius 2 is 2.29 bits per heavy atom. The second-order valence-corrected chi connectivity index (χ2v) is 2.42. The van der Waals surface area contributed by atoms with Crippen molar-refractivity contribution in [3.63, 3.8) is 0 Å². The van der Waals surface area contributed by atoms with E-state index in [1.54, 1.807) is 30.5 Å². The Hall–Kier alpha value is -2.35. The van der Waals surface area contributed by atoms with Crippen LogP contribution in [0.5, 0.6) is 0 Å². The molecule has 0 fully saturated rings. The van der Waals surface area contributed by atoms with E-state index in [0.717, 1.165) is 0 Å². The molecule has 0 atom stereocenters. The van der Waals surface area contributed by atoms with Crippen molar-refractivity contribution < 1.29 is 9.63 Å². The summed E-state index contributed by atoms with van der Waals surface area (Å²) in [4.78, 5) is 0. The molecule has 0 radical (unpaired) electrons. The Labute approximate surface area is 79.4 Å². The fourth-order valence-corrected chi connectivity index (χ4v) is 0.948. The van der Waals surface area contributed by atoms with Crippen LogP contribution in [0.15, 0.2) is 28.9 Å². The maximum Gasteiger partial charge on any atom is 0.213 e. The number of aliphatic hydroxyl groups excluding tert-OH is 1. The fourth-order valence-electron chi connectivity index (χ4n) is 0.948. The average Bonchev–Trinajstić information content (AvgIpc) is 2.68. The lowest BCUT2D eigenvalue weighted by molar-refractivity contribution is 0.412. The van der Waals surface area contributed by atoms with Gasteiger partial charge in [-0.25, -0.2) is 0 Å². The number of aromatic nitrogens is 3. The largest absolute Gasteiger partial charge is 0.462 e. The van der Waals surface area contributed by atoms with Crippen LogP contribution in [-0.2, 0) is 0 Å². The highest BCUT2D eigenvalue weighted by Gasteiger charge is 2.05. The fraction of sp³-hybridized carbons (Fsp3) is 0. The SMILES string of the molecule is OC#Cc1cc(-c2cccnn2)no1. The van der Waals surface area contributed by atoms with Gasteiger partial charge in [-0.15, -0.1) is 5.10 Å². The van der Waals surface area contributed by atoms with Crippen LogP contribution >= 0.6 is 0 Å². The van der Waals surface area contributed by atoms with E-state index in [4.69, 9.17) is 9.63 Å². The summed E-state index contributed by atoms with van der Waals surface area (Å²) in [6, 6.07) is 5.07. The van der Waals surface area contributed by atoms with Crippen molar-refractivity contribution in [2.75, 3.05) is 0 Å². The lowest BCUT2D eigenvalue weighted by atomic mass is 10.3. The normalized spacial score (nSPS) is 9.14. The predicted molar refractivity (Wildman–Crippen MR) is 46.3 cm³/mol. The van der Waals surface area contributed by atoms with Crippen molar-refractivity contribution in [1.82, 2.24) is 15.4 Å². The molecule has 2 aromatic rings. The second kappa shape index (κ2) is 3.58. The Morgan fingerprint density at radius 3 is 3.00 bits per heavy atom. The summed E-state index contributed by atoms with van der Waals surface area (Å²) < 4.78 is 4.81. The zero-order valence-electron chi connectivity index (χ0n) is 7.01.